The summed E-state index contributed by atoms with van der Waals surface area (Å²) in [7, 11) is 0. The molecule has 1 unspecified atom stereocenters. The molecule has 1 atom stereocenters. The van der Waals surface area contributed by atoms with Gasteiger partial charge in [-0.05, 0) is 50.1 Å². The van der Waals surface area contributed by atoms with Crippen LogP contribution in [0.2, 0.25) is 0 Å². The number of anilines is 1. The van der Waals surface area contributed by atoms with E-state index in [0.717, 1.165) is 32.0 Å². The molecule has 1 fully saturated rings. The standard InChI is InChI=1S/C17H19F3N4O.ClH/c1-11-4-5-12(9-14(11)17(18,19)20)22-16(25)15-6-8-24(23-15)13-3-2-7-21-10-13;/h4-6,8-9,13,21H,2-3,7,10H2,1H3,(H,22,25);1H. The average molecular weight is 389 g/mol. The van der Waals surface area contributed by atoms with Crippen LogP contribution in [0.1, 0.15) is 40.5 Å². The van der Waals surface area contributed by atoms with Gasteiger partial charge >= 0.3 is 6.18 Å². The molecule has 1 aliphatic heterocycles. The van der Waals surface area contributed by atoms with Crippen molar-refractivity contribution >= 4 is 24.0 Å². The van der Waals surface area contributed by atoms with Crippen molar-refractivity contribution in [2.45, 2.75) is 32.0 Å². The van der Waals surface area contributed by atoms with Crippen LogP contribution in [-0.2, 0) is 6.18 Å². The molecule has 1 saturated heterocycles. The van der Waals surface area contributed by atoms with E-state index in [-0.39, 0.29) is 35.4 Å². The highest BCUT2D eigenvalue weighted by Crippen LogP contribution is 2.33. The van der Waals surface area contributed by atoms with E-state index in [4.69, 9.17) is 0 Å². The molecule has 2 N–H and O–H groups in total. The maximum absolute atomic E-state index is 13.0. The number of aromatic nitrogens is 2. The smallest absolute Gasteiger partial charge is 0.321 e. The minimum absolute atomic E-state index is 0. The predicted molar refractivity (Wildman–Crippen MR) is 94.7 cm³/mol. The number of halogens is 4. The summed E-state index contributed by atoms with van der Waals surface area (Å²) >= 11 is 0. The second-order valence-corrected chi connectivity index (χ2v) is 6.16. The highest BCUT2D eigenvalue weighted by molar-refractivity contribution is 6.02. The second-order valence-electron chi connectivity index (χ2n) is 6.16. The number of hydrogen-bond donors (Lipinski definition) is 2. The van der Waals surface area contributed by atoms with Crippen LogP contribution in [0, 0.1) is 6.92 Å². The number of piperidine rings is 1. The molecule has 0 radical (unpaired) electrons. The normalized spacial score (nSPS) is 17.5. The van der Waals surface area contributed by atoms with Crippen molar-refractivity contribution in [1.29, 1.82) is 0 Å². The van der Waals surface area contributed by atoms with Gasteiger partial charge in [0, 0.05) is 18.4 Å². The van der Waals surface area contributed by atoms with Crippen LogP contribution in [0.3, 0.4) is 0 Å². The number of alkyl halides is 3. The van der Waals surface area contributed by atoms with Gasteiger partial charge in [-0.2, -0.15) is 18.3 Å². The van der Waals surface area contributed by atoms with E-state index < -0.39 is 17.6 Å². The Morgan fingerprint density at radius 2 is 2.12 bits per heavy atom. The molecule has 9 heteroatoms. The van der Waals surface area contributed by atoms with E-state index >= 15 is 0 Å². The van der Waals surface area contributed by atoms with E-state index in [1.54, 1.807) is 16.9 Å². The largest absolute Gasteiger partial charge is 0.416 e. The Morgan fingerprint density at radius 3 is 2.77 bits per heavy atom. The van der Waals surface area contributed by atoms with Gasteiger partial charge < -0.3 is 10.6 Å². The molecule has 0 saturated carbocycles. The lowest BCUT2D eigenvalue weighted by molar-refractivity contribution is -0.138. The van der Waals surface area contributed by atoms with E-state index in [1.165, 1.54) is 19.1 Å². The first kappa shape index (κ1) is 20.3. The van der Waals surface area contributed by atoms with Crippen LogP contribution < -0.4 is 10.6 Å². The Labute approximate surface area is 155 Å². The summed E-state index contributed by atoms with van der Waals surface area (Å²) in [5.74, 6) is -0.528. The molecule has 1 amide bonds. The topological polar surface area (TPSA) is 59.0 Å². The second kappa shape index (κ2) is 8.09. The van der Waals surface area contributed by atoms with Crippen LogP contribution in [0.5, 0.6) is 0 Å². The fourth-order valence-electron chi connectivity index (χ4n) is 2.92. The first-order chi connectivity index (χ1) is 11.8. The molecular weight excluding hydrogens is 369 g/mol. The predicted octanol–water partition coefficient (Wildman–Crippen LogP) is 3.81. The third-order valence-electron chi connectivity index (χ3n) is 4.29. The van der Waals surface area contributed by atoms with Crippen LogP contribution in [0.4, 0.5) is 18.9 Å². The van der Waals surface area contributed by atoms with Gasteiger partial charge in [0.15, 0.2) is 5.69 Å². The quantitative estimate of drug-likeness (QED) is 0.840. The summed E-state index contributed by atoms with van der Waals surface area (Å²) in [6, 6.07) is 5.49. The Kier molecular flexibility index (Phi) is 6.30. The number of aryl methyl sites for hydroxylation is 1. The number of carbonyl (C=O) groups is 1. The van der Waals surface area contributed by atoms with Crippen molar-refractivity contribution in [3.63, 3.8) is 0 Å². The van der Waals surface area contributed by atoms with Crippen LogP contribution >= 0.6 is 12.4 Å². The maximum atomic E-state index is 13.0. The summed E-state index contributed by atoms with van der Waals surface area (Å²) in [5, 5.41) is 10.0. The zero-order valence-electron chi connectivity index (χ0n) is 14.1. The fraction of sp³-hybridized carbons (Fsp3) is 0.412. The van der Waals surface area contributed by atoms with Crippen molar-refractivity contribution in [3.8, 4) is 0 Å². The molecule has 0 bridgehead atoms. The lowest BCUT2D eigenvalue weighted by atomic mass is 10.1. The van der Waals surface area contributed by atoms with E-state index in [1.807, 2.05) is 0 Å². The van der Waals surface area contributed by atoms with Crippen molar-refractivity contribution < 1.29 is 18.0 Å². The van der Waals surface area contributed by atoms with E-state index in [2.05, 4.69) is 15.7 Å². The number of nitrogens with zero attached hydrogens (tertiary/aromatic N) is 2. The molecule has 2 heterocycles. The maximum Gasteiger partial charge on any atom is 0.416 e. The summed E-state index contributed by atoms with van der Waals surface area (Å²) in [6.07, 6.45) is -0.721. The third kappa shape index (κ3) is 4.56. The number of hydrogen-bond acceptors (Lipinski definition) is 3. The van der Waals surface area contributed by atoms with E-state index in [0.29, 0.717) is 0 Å². The molecule has 1 aromatic heterocycles. The molecule has 142 valence electrons. The van der Waals surface area contributed by atoms with Gasteiger partial charge in [-0.1, -0.05) is 6.07 Å². The van der Waals surface area contributed by atoms with Gasteiger partial charge in [-0.3, -0.25) is 9.48 Å². The van der Waals surface area contributed by atoms with E-state index in [9.17, 15) is 18.0 Å². The summed E-state index contributed by atoms with van der Waals surface area (Å²) in [4.78, 5) is 12.3. The van der Waals surface area contributed by atoms with Crippen molar-refractivity contribution in [2.24, 2.45) is 0 Å². The highest BCUT2D eigenvalue weighted by atomic mass is 35.5. The van der Waals surface area contributed by atoms with Gasteiger partial charge in [-0.15, -0.1) is 12.4 Å². The lowest BCUT2D eigenvalue weighted by Crippen LogP contribution is -2.32. The number of carbonyl (C=O) groups excluding carboxylic acids is 1. The van der Waals surface area contributed by atoms with Gasteiger partial charge in [0.1, 0.15) is 0 Å². The number of benzene rings is 1. The Morgan fingerprint density at radius 1 is 1.35 bits per heavy atom. The van der Waals surface area contributed by atoms with Gasteiger partial charge in [-0.25, -0.2) is 0 Å². The van der Waals surface area contributed by atoms with Crippen LogP contribution in [0.15, 0.2) is 30.5 Å². The van der Waals surface area contributed by atoms with Crippen LogP contribution in [-0.4, -0.2) is 28.8 Å². The van der Waals surface area contributed by atoms with Crippen molar-refractivity contribution in [2.75, 3.05) is 18.4 Å². The monoisotopic (exact) mass is 388 g/mol. The lowest BCUT2D eigenvalue weighted by Gasteiger charge is -2.22. The fourth-order valence-corrected chi connectivity index (χ4v) is 2.92. The minimum atomic E-state index is -4.46. The molecule has 3 rings (SSSR count). The average Bonchev–Trinajstić information content (AvgIpc) is 3.06. The molecule has 1 aliphatic rings. The van der Waals surface area contributed by atoms with Gasteiger partial charge in [0.05, 0.1) is 11.6 Å². The zero-order chi connectivity index (χ0) is 18.0. The molecule has 0 aliphatic carbocycles. The Balaban J connectivity index is 0.00000243. The number of amides is 1. The SMILES string of the molecule is Cc1ccc(NC(=O)c2ccn(C3CCCNC3)n2)cc1C(F)(F)F.Cl. The third-order valence-corrected chi connectivity index (χ3v) is 4.29. The number of rotatable bonds is 3. The first-order valence-corrected chi connectivity index (χ1v) is 8.09. The molecular formula is C17H20ClF3N4O. The minimum Gasteiger partial charge on any atom is -0.321 e. The molecule has 0 spiro atoms. The zero-order valence-corrected chi connectivity index (χ0v) is 15.0. The van der Waals surface area contributed by atoms with Crippen molar-refractivity contribution in [3.05, 3.63) is 47.3 Å². The van der Waals surface area contributed by atoms with Gasteiger partial charge in [0.2, 0.25) is 0 Å². The molecule has 5 nitrogen and oxygen atoms in total. The molecule has 1 aromatic carbocycles. The van der Waals surface area contributed by atoms with Gasteiger partial charge in [0.25, 0.3) is 5.91 Å². The molecule has 2 aromatic rings. The summed E-state index contributed by atoms with van der Waals surface area (Å²) in [5.41, 5.74) is -0.375. The summed E-state index contributed by atoms with van der Waals surface area (Å²) < 4.78 is 40.6. The van der Waals surface area contributed by atoms with Crippen molar-refractivity contribution in [1.82, 2.24) is 15.1 Å². The summed E-state index contributed by atoms with van der Waals surface area (Å²) in [6.45, 7) is 3.14. The Bertz CT molecular complexity index is 770. The van der Waals surface area contributed by atoms with Crippen LogP contribution in [0.25, 0.3) is 0 Å². The first-order valence-electron chi connectivity index (χ1n) is 8.09. The molecule has 26 heavy (non-hydrogen) atoms. The highest BCUT2D eigenvalue weighted by Gasteiger charge is 2.32. The Hall–Kier alpha value is -2.06. The number of nitrogens with one attached hydrogen (secondary N) is 2.